The molecule has 5 nitrogen and oxygen atoms in total. The Morgan fingerprint density at radius 1 is 1.41 bits per heavy atom. The summed E-state index contributed by atoms with van der Waals surface area (Å²) in [6.07, 6.45) is 2.40. The van der Waals surface area contributed by atoms with Gasteiger partial charge in [-0.15, -0.1) is 10.2 Å². The third-order valence-electron chi connectivity index (χ3n) is 3.01. The molecule has 2 unspecified atom stereocenters. The average Bonchev–Trinajstić information content (AvgIpc) is 3.09. The lowest BCUT2D eigenvalue weighted by molar-refractivity contribution is 0.0950. The molecule has 0 bridgehead atoms. The quantitative estimate of drug-likeness (QED) is 0.809. The van der Waals surface area contributed by atoms with E-state index in [9.17, 15) is 4.79 Å². The first kappa shape index (κ1) is 11.8. The lowest BCUT2D eigenvalue weighted by Gasteiger charge is -2.04. The standard InChI is InChI=1S/C12H18N4O/c1-3-8-7-10(8)14-11-6-5-9(15-16-11)12(17)13-4-2/h5-6,8,10H,3-4,7H2,1-2H3,(H,13,17)(H,14,16). The number of nitrogens with zero attached hydrogens (tertiary/aromatic N) is 2. The normalized spacial score (nSPS) is 22.0. The molecule has 0 saturated heterocycles. The third-order valence-corrected chi connectivity index (χ3v) is 3.01. The van der Waals surface area contributed by atoms with Crippen LogP contribution in [0.4, 0.5) is 5.82 Å². The molecule has 0 aromatic carbocycles. The van der Waals surface area contributed by atoms with Crippen LogP contribution in [0.1, 0.15) is 37.2 Å². The fourth-order valence-electron chi connectivity index (χ4n) is 1.85. The minimum atomic E-state index is -0.176. The molecule has 1 aromatic heterocycles. The highest BCUT2D eigenvalue weighted by molar-refractivity contribution is 5.92. The van der Waals surface area contributed by atoms with Crippen LogP contribution in [-0.2, 0) is 0 Å². The smallest absolute Gasteiger partial charge is 0.271 e. The first-order chi connectivity index (χ1) is 8.24. The number of hydrogen-bond donors (Lipinski definition) is 2. The molecular formula is C12H18N4O. The lowest BCUT2D eigenvalue weighted by Crippen LogP contribution is -2.24. The van der Waals surface area contributed by atoms with E-state index in [0.29, 0.717) is 18.3 Å². The summed E-state index contributed by atoms with van der Waals surface area (Å²) in [5.41, 5.74) is 0.361. The lowest BCUT2D eigenvalue weighted by atomic mass is 10.3. The second-order valence-corrected chi connectivity index (χ2v) is 4.32. The van der Waals surface area contributed by atoms with Crippen LogP contribution >= 0.6 is 0 Å². The van der Waals surface area contributed by atoms with E-state index in [4.69, 9.17) is 0 Å². The summed E-state index contributed by atoms with van der Waals surface area (Å²) in [6.45, 7) is 4.66. The van der Waals surface area contributed by atoms with Gasteiger partial charge in [-0.05, 0) is 31.4 Å². The maximum atomic E-state index is 11.5. The molecule has 92 valence electrons. The van der Waals surface area contributed by atoms with Crippen molar-refractivity contribution in [3.8, 4) is 0 Å². The number of anilines is 1. The van der Waals surface area contributed by atoms with Crippen molar-refractivity contribution >= 4 is 11.7 Å². The molecule has 0 radical (unpaired) electrons. The Morgan fingerprint density at radius 2 is 2.24 bits per heavy atom. The Balaban J connectivity index is 1.91. The summed E-state index contributed by atoms with van der Waals surface area (Å²) < 4.78 is 0. The van der Waals surface area contributed by atoms with Crippen molar-refractivity contribution in [2.75, 3.05) is 11.9 Å². The van der Waals surface area contributed by atoms with Crippen LogP contribution in [0.15, 0.2) is 12.1 Å². The van der Waals surface area contributed by atoms with Crippen molar-refractivity contribution in [3.63, 3.8) is 0 Å². The summed E-state index contributed by atoms with van der Waals surface area (Å²) in [4.78, 5) is 11.5. The van der Waals surface area contributed by atoms with E-state index in [2.05, 4.69) is 27.8 Å². The van der Waals surface area contributed by atoms with E-state index < -0.39 is 0 Å². The number of amides is 1. The van der Waals surface area contributed by atoms with E-state index in [1.54, 1.807) is 6.07 Å². The van der Waals surface area contributed by atoms with E-state index in [-0.39, 0.29) is 5.91 Å². The highest BCUT2D eigenvalue weighted by Gasteiger charge is 2.35. The topological polar surface area (TPSA) is 66.9 Å². The molecule has 1 fully saturated rings. The van der Waals surface area contributed by atoms with E-state index in [1.165, 1.54) is 12.8 Å². The van der Waals surface area contributed by atoms with Gasteiger partial charge in [0.05, 0.1) is 0 Å². The molecule has 2 N–H and O–H groups in total. The SMILES string of the molecule is CCNC(=O)c1ccc(NC2CC2CC)nn1. The summed E-state index contributed by atoms with van der Waals surface area (Å²) in [7, 11) is 0. The summed E-state index contributed by atoms with van der Waals surface area (Å²) in [5, 5.41) is 13.9. The van der Waals surface area contributed by atoms with E-state index >= 15 is 0 Å². The van der Waals surface area contributed by atoms with Gasteiger partial charge in [0.25, 0.3) is 5.91 Å². The van der Waals surface area contributed by atoms with Crippen LogP contribution in [0.3, 0.4) is 0 Å². The van der Waals surface area contributed by atoms with Crippen LogP contribution < -0.4 is 10.6 Å². The molecule has 5 heteroatoms. The Morgan fingerprint density at radius 3 is 2.76 bits per heavy atom. The predicted octanol–water partition coefficient (Wildman–Crippen LogP) is 1.44. The molecule has 1 aliphatic rings. The first-order valence-electron chi connectivity index (χ1n) is 6.13. The molecule has 1 aliphatic carbocycles. The first-order valence-corrected chi connectivity index (χ1v) is 6.13. The van der Waals surface area contributed by atoms with Crippen molar-refractivity contribution in [2.45, 2.75) is 32.7 Å². The fraction of sp³-hybridized carbons (Fsp3) is 0.583. The van der Waals surface area contributed by atoms with Gasteiger partial charge in [-0.1, -0.05) is 13.3 Å². The van der Waals surface area contributed by atoms with Gasteiger partial charge in [-0.3, -0.25) is 4.79 Å². The van der Waals surface area contributed by atoms with Crippen molar-refractivity contribution in [3.05, 3.63) is 17.8 Å². The highest BCUT2D eigenvalue weighted by Crippen LogP contribution is 2.35. The summed E-state index contributed by atoms with van der Waals surface area (Å²) in [5.74, 6) is 1.34. The monoisotopic (exact) mass is 234 g/mol. The van der Waals surface area contributed by atoms with Crippen LogP contribution in [-0.4, -0.2) is 28.7 Å². The molecular weight excluding hydrogens is 216 g/mol. The van der Waals surface area contributed by atoms with Gasteiger partial charge in [0.1, 0.15) is 5.82 Å². The molecule has 1 heterocycles. The van der Waals surface area contributed by atoms with Gasteiger partial charge in [0, 0.05) is 12.6 Å². The maximum absolute atomic E-state index is 11.5. The van der Waals surface area contributed by atoms with Crippen LogP contribution in [0.25, 0.3) is 0 Å². The largest absolute Gasteiger partial charge is 0.366 e. The zero-order valence-electron chi connectivity index (χ0n) is 10.2. The van der Waals surface area contributed by atoms with Gasteiger partial charge < -0.3 is 10.6 Å². The second-order valence-electron chi connectivity index (χ2n) is 4.32. The predicted molar refractivity (Wildman–Crippen MR) is 65.8 cm³/mol. The minimum absolute atomic E-state index is 0.176. The second kappa shape index (κ2) is 5.12. The molecule has 0 aliphatic heterocycles. The Hall–Kier alpha value is -1.65. The molecule has 1 saturated carbocycles. The van der Waals surface area contributed by atoms with Crippen molar-refractivity contribution < 1.29 is 4.79 Å². The van der Waals surface area contributed by atoms with Crippen molar-refractivity contribution in [1.82, 2.24) is 15.5 Å². The van der Waals surface area contributed by atoms with Gasteiger partial charge in [-0.25, -0.2) is 0 Å². The van der Waals surface area contributed by atoms with E-state index in [1.807, 2.05) is 13.0 Å². The minimum Gasteiger partial charge on any atom is -0.366 e. The van der Waals surface area contributed by atoms with Crippen molar-refractivity contribution in [2.24, 2.45) is 5.92 Å². The zero-order chi connectivity index (χ0) is 12.3. The Kier molecular flexibility index (Phi) is 3.56. The summed E-state index contributed by atoms with van der Waals surface area (Å²) >= 11 is 0. The van der Waals surface area contributed by atoms with Crippen molar-refractivity contribution in [1.29, 1.82) is 0 Å². The maximum Gasteiger partial charge on any atom is 0.271 e. The van der Waals surface area contributed by atoms with Gasteiger partial charge in [-0.2, -0.15) is 0 Å². The number of aromatic nitrogens is 2. The fourth-order valence-corrected chi connectivity index (χ4v) is 1.85. The number of rotatable bonds is 5. The highest BCUT2D eigenvalue weighted by atomic mass is 16.1. The number of nitrogens with one attached hydrogen (secondary N) is 2. The molecule has 2 atom stereocenters. The Labute approximate surface area is 101 Å². The Bertz CT molecular complexity index is 390. The van der Waals surface area contributed by atoms with Crippen LogP contribution in [0.2, 0.25) is 0 Å². The van der Waals surface area contributed by atoms with Gasteiger partial charge in [0.15, 0.2) is 5.69 Å². The van der Waals surface area contributed by atoms with E-state index in [0.717, 1.165) is 11.7 Å². The van der Waals surface area contributed by atoms with Crippen LogP contribution in [0, 0.1) is 5.92 Å². The zero-order valence-corrected chi connectivity index (χ0v) is 10.2. The van der Waals surface area contributed by atoms with Gasteiger partial charge in [0.2, 0.25) is 0 Å². The number of hydrogen-bond acceptors (Lipinski definition) is 4. The summed E-state index contributed by atoms with van der Waals surface area (Å²) in [6, 6.07) is 4.04. The van der Waals surface area contributed by atoms with Crippen LogP contribution in [0.5, 0.6) is 0 Å². The third kappa shape index (κ3) is 2.93. The molecule has 1 aromatic rings. The molecule has 2 rings (SSSR count). The average molecular weight is 234 g/mol. The van der Waals surface area contributed by atoms with Gasteiger partial charge >= 0.3 is 0 Å². The molecule has 17 heavy (non-hydrogen) atoms. The number of carbonyl (C=O) groups excluding carboxylic acids is 1. The molecule has 1 amide bonds. The molecule has 0 spiro atoms. The number of carbonyl (C=O) groups is 1.